The number of hydrogen-bond acceptors (Lipinski definition) is 14. The van der Waals surface area contributed by atoms with Crippen molar-refractivity contribution in [3.8, 4) is 23.0 Å². The molecule has 16 heteroatoms. The number of aliphatic hydroxyl groups is 1. The molecule has 6 rings (SSSR count). The van der Waals surface area contributed by atoms with Crippen LogP contribution in [0.5, 0.6) is 23.0 Å². The molecule has 16 nitrogen and oxygen atoms in total. The molecule has 0 spiro atoms. The van der Waals surface area contributed by atoms with Crippen molar-refractivity contribution in [2.45, 2.75) is 121 Å². The molecule has 7 atom stereocenters. The molecule has 64 heavy (non-hydrogen) atoms. The van der Waals surface area contributed by atoms with Gasteiger partial charge in [-0.05, 0) is 96.6 Å². The summed E-state index contributed by atoms with van der Waals surface area (Å²) in [7, 11) is 6.13. The van der Waals surface area contributed by atoms with Gasteiger partial charge >= 0.3 is 0 Å². The van der Waals surface area contributed by atoms with E-state index in [1.165, 1.54) is 20.3 Å². The predicted molar refractivity (Wildman–Crippen MR) is 238 cm³/mol. The van der Waals surface area contributed by atoms with Crippen molar-refractivity contribution in [2.24, 2.45) is 0 Å². The van der Waals surface area contributed by atoms with Crippen LogP contribution < -0.4 is 29.6 Å². The van der Waals surface area contributed by atoms with E-state index in [2.05, 4.69) is 10.6 Å². The van der Waals surface area contributed by atoms with Crippen LogP contribution in [0.4, 0.5) is 0 Å². The van der Waals surface area contributed by atoms with Gasteiger partial charge in [-0.1, -0.05) is 42.5 Å². The van der Waals surface area contributed by atoms with Crippen molar-refractivity contribution >= 4 is 29.7 Å². The number of benzene rings is 2. The first kappa shape index (κ1) is 49.9. The summed E-state index contributed by atoms with van der Waals surface area (Å²) in [5, 5.41) is 16.6. The lowest BCUT2D eigenvalue weighted by Gasteiger charge is -2.21. The Bertz CT molecular complexity index is 2060. The Labute approximate surface area is 375 Å². The van der Waals surface area contributed by atoms with E-state index in [4.69, 9.17) is 47.4 Å². The molecule has 0 bridgehead atoms. The summed E-state index contributed by atoms with van der Waals surface area (Å²) >= 11 is 0. The third kappa shape index (κ3) is 13.5. The van der Waals surface area contributed by atoms with Crippen LogP contribution in [0.2, 0.25) is 0 Å². The first-order valence-electron chi connectivity index (χ1n) is 21.4. The number of fused-ring (bicyclic) bond motifs is 4. The smallest absolute Gasteiger partial charge is 0.255 e. The maximum absolute atomic E-state index is 13.2. The molecule has 0 aromatic heterocycles. The average Bonchev–Trinajstić information content (AvgIpc) is 3.73. The van der Waals surface area contributed by atoms with Gasteiger partial charge in [0.25, 0.3) is 11.8 Å². The number of hydrogen-bond donors (Lipinski definition) is 3. The molecule has 4 aliphatic heterocycles. The summed E-state index contributed by atoms with van der Waals surface area (Å²) in [6.07, 6.45) is 13.4. The Morgan fingerprint density at radius 2 is 1.09 bits per heavy atom. The fourth-order valence-corrected chi connectivity index (χ4v) is 7.65. The topological polar surface area (TPSA) is 188 Å². The highest BCUT2D eigenvalue weighted by molar-refractivity contribution is 6.02. The van der Waals surface area contributed by atoms with Gasteiger partial charge in [0.2, 0.25) is 0 Å². The SMILES string of the molecule is COCOc1cc(OC)cc2c1C(=O)NC(C)C/C=C\C(=O)C1OC(C)(C)O[C@H]1C/C=C/2.COCOc1cc(OC)cc2c1C(=O)NC(C)C/C=C\C(O)C1OC(C)(C)O[C@H]1C/C=C/2. The lowest BCUT2D eigenvalue weighted by molar-refractivity contribution is -0.152. The number of rotatable bonds is 8. The van der Waals surface area contributed by atoms with Crippen molar-refractivity contribution in [3.63, 3.8) is 0 Å². The van der Waals surface area contributed by atoms with E-state index in [1.807, 2.05) is 52.0 Å². The van der Waals surface area contributed by atoms with Crippen LogP contribution in [0, 0.1) is 0 Å². The fraction of sp³-hybridized carbons (Fsp3) is 0.521. The zero-order valence-electron chi connectivity index (χ0n) is 38.5. The van der Waals surface area contributed by atoms with Crippen molar-refractivity contribution < 1.29 is 66.9 Å². The number of methoxy groups -OCH3 is 4. The lowest BCUT2D eigenvalue weighted by atomic mass is 10.00. The number of carbonyl (C=O) groups is 3. The number of nitrogens with one attached hydrogen (secondary N) is 2. The van der Waals surface area contributed by atoms with E-state index in [-0.39, 0.29) is 49.4 Å². The molecule has 2 aromatic rings. The zero-order valence-corrected chi connectivity index (χ0v) is 38.5. The van der Waals surface area contributed by atoms with Gasteiger partial charge in [-0.25, -0.2) is 0 Å². The molecule has 0 radical (unpaired) electrons. The fourth-order valence-electron chi connectivity index (χ4n) is 7.65. The Balaban J connectivity index is 0.000000241. The molecular formula is C48H64N2O14. The van der Waals surface area contributed by atoms with Crippen molar-refractivity contribution in [3.05, 3.63) is 83.0 Å². The standard InChI is InChI=1S/C24H33NO7.C24H31NO7/c2*1-15-8-6-10-18(26)22-19(31-24(2,3)32-22)11-7-9-16-12-17(29-5)13-20(30-14-28-4)21(16)23(27)25-15/h6-7,9-10,12-13,15,18-19,22,26H,8,11,14H2,1-5H3,(H,25,27);6-7,9-10,12-13,15,19,22H,8,11,14H2,1-5H3,(H,25,27)/b2*9-7+,10-6-/t15?,18?,19-,22?;15?,19-,22?/m00/s1. The molecular weight excluding hydrogens is 829 g/mol. The second-order valence-corrected chi connectivity index (χ2v) is 16.7. The number of amides is 2. The van der Waals surface area contributed by atoms with Gasteiger partial charge in [0.15, 0.2) is 30.9 Å². The maximum Gasteiger partial charge on any atom is 0.255 e. The first-order chi connectivity index (χ1) is 30.5. The minimum Gasteiger partial charge on any atom is -0.497 e. The summed E-state index contributed by atoms with van der Waals surface area (Å²) in [5.74, 6) is -0.535. The van der Waals surface area contributed by atoms with Gasteiger partial charge in [0.05, 0.1) is 37.6 Å². The highest BCUT2D eigenvalue weighted by Gasteiger charge is 2.44. The molecule has 4 heterocycles. The van der Waals surface area contributed by atoms with Crippen LogP contribution in [0.1, 0.15) is 99.1 Å². The molecule has 2 saturated heterocycles. The number of ketones is 1. The lowest BCUT2D eigenvalue weighted by Crippen LogP contribution is -2.35. The van der Waals surface area contributed by atoms with Gasteiger partial charge in [-0.3, -0.25) is 14.4 Å². The highest BCUT2D eigenvalue weighted by Crippen LogP contribution is 2.36. The minimum atomic E-state index is -0.853. The largest absolute Gasteiger partial charge is 0.497 e. The summed E-state index contributed by atoms with van der Waals surface area (Å²) in [5.41, 5.74) is 2.04. The van der Waals surface area contributed by atoms with E-state index in [1.54, 1.807) is 70.6 Å². The van der Waals surface area contributed by atoms with Crippen LogP contribution in [-0.4, -0.2) is 119 Å². The number of carbonyl (C=O) groups excluding carboxylic acids is 3. The van der Waals surface area contributed by atoms with E-state index in [0.29, 0.717) is 70.9 Å². The average molecular weight is 893 g/mol. The van der Waals surface area contributed by atoms with E-state index in [9.17, 15) is 19.5 Å². The third-order valence-electron chi connectivity index (χ3n) is 10.5. The second kappa shape index (κ2) is 22.7. The minimum absolute atomic E-state index is 0.00318. The Morgan fingerprint density at radius 3 is 1.61 bits per heavy atom. The first-order valence-corrected chi connectivity index (χ1v) is 21.4. The molecule has 3 N–H and O–H groups in total. The molecule has 0 aliphatic carbocycles. The van der Waals surface area contributed by atoms with Crippen molar-refractivity contribution in [1.29, 1.82) is 0 Å². The van der Waals surface area contributed by atoms with Crippen molar-refractivity contribution in [1.82, 2.24) is 10.6 Å². The number of ether oxygens (including phenoxy) is 10. The third-order valence-corrected chi connectivity index (χ3v) is 10.5. The summed E-state index contributed by atoms with van der Waals surface area (Å²) in [6.45, 7) is 11.0. The summed E-state index contributed by atoms with van der Waals surface area (Å²) in [4.78, 5) is 39.0. The van der Waals surface area contributed by atoms with E-state index < -0.39 is 36.0 Å². The molecule has 2 fully saturated rings. The van der Waals surface area contributed by atoms with Gasteiger partial charge in [-0.2, -0.15) is 0 Å². The van der Waals surface area contributed by atoms with E-state index >= 15 is 0 Å². The summed E-state index contributed by atoms with van der Waals surface area (Å²) in [6, 6.07) is 6.49. The Morgan fingerprint density at radius 1 is 0.625 bits per heavy atom. The van der Waals surface area contributed by atoms with Crippen molar-refractivity contribution in [2.75, 3.05) is 42.0 Å². The molecule has 350 valence electrons. The van der Waals surface area contributed by atoms with Gasteiger partial charge < -0.3 is 63.1 Å². The van der Waals surface area contributed by atoms with Crippen LogP contribution >= 0.6 is 0 Å². The predicted octanol–water partition coefficient (Wildman–Crippen LogP) is 6.29. The maximum atomic E-state index is 13.2. The Hall–Kier alpha value is -5.07. The molecule has 5 unspecified atom stereocenters. The molecule has 0 saturated carbocycles. The monoisotopic (exact) mass is 892 g/mol. The van der Waals surface area contributed by atoms with Gasteiger partial charge in [0, 0.05) is 38.4 Å². The molecule has 4 aliphatic rings. The quantitative estimate of drug-likeness (QED) is 0.198. The highest BCUT2D eigenvalue weighted by atomic mass is 16.8. The zero-order chi connectivity index (χ0) is 46.6. The van der Waals surface area contributed by atoms with E-state index in [0.717, 1.165) is 0 Å². The second-order valence-electron chi connectivity index (χ2n) is 16.7. The normalized spacial score (nSPS) is 28.6. The van der Waals surface area contributed by atoms with Crippen LogP contribution in [0.25, 0.3) is 12.2 Å². The van der Waals surface area contributed by atoms with Gasteiger partial charge in [-0.15, -0.1) is 0 Å². The van der Waals surface area contributed by atoms with Gasteiger partial charge in [0.1, 0.15) is 41.3 Å². The van der Waals surface area contributed by atoms with Crippen LogP contribution in [0.3, 0.4) is 0 Å². The number of aliphatic hydroxyl groups excluding tert-OH is 1. The summed E-state index contributed by atoms with van der Waals surface area (Å²) < 4.78 is 56.0. The molecule has 2 aromatic carbocycles. The van der Waals surface area contributed by atoms with Crippen LogP contribution in [0.15, 0.2) is 60.7 Å². The molecule has 2 amide bonds. The Kier molecular flexibility index (Phi) is 17.7. The van der Waals surface area contributed by atoms with Crippen LogP contribution in [-0.2, 0) is 33.2 Å².